The maximum absolute atomic E-state index is 12.8. The van der Waals surface area contributed by atoms with Crippen LogP contribution in [0.25, 0.3) is 5.69 Å². The van der Waals surface area contributed by atoms with E-state index < -0.39 is 23.4 Å². The van der Waals surface area contributed by atoms with Crippen molar-refractivity contribution in [1.29, 1.82) is 0 Å². The molecular formula is C21H27ClN4O5. The van der Waals surface area contributed by atoms with Gasteiger partial charge in [-0.3, -0.25) is 14.2 Å². The maximum Gasteiger partial charge on any atom is 0.352 e. The molecule has 31 heavy (non-hydrogen) atoms. The van der Waals surface area contributed by atoms with E-state index in [1.165, 1.54) is 18.2 Å². The summed E-state index contributed by atoms with van der Waals surface area (Å²) in [6.45, 7) is -0.117. The normalized spacial score (nSPS) is 16.0. The molecule has 1 aliphatic carbocycles. The third kappa shape index (κ3) is 5.61. The summed E-state index contributed by atoms with van der Waals surface area (Å²) >= 11 is 6.21. The monoisotopic (exact) mass is 450 g/mol. The summed E-state index contributed by atoms with van der Waals surface area (Å²) < 4.78 is 1.96. The van der Waals surface area contributed by atoms with Crippen molar-refractivity contribution in [3.05, 3.63) is 55.8 Å². The molecule has 3 rings (SSSR count). The van der Waals surface area contributed by atoms with Crippen LogP contribution in [0.1, 0.15) is 55.3 Å². The highest BCUT2D eigenvalue weighted by Crippen LogP contribution is 2.25. The molecule has 0 spiro atoms. The molecule has 0 bridgehead atoms. The number of aromatic nitrogens is 3. The molecule has 10 heteroatoms. The van der Waals surface area contributed by atoms with Crippen molar-refractivity contribution in [1.82, 2.24) is 19.7 Å². The Kier molecular flexibility index (Phi) is 8.00. The zero-order valence-corrected chi connectivity index (χ0v) is 17.9. The van der Waals surface area contributed by atoms with Crippen LogP contribution >= 0.6 is 11.6 Å². The standard InChI is InChI=1S/C21H27ClN4O5/c22-17-9-8-15(26-21(31)25(10-5-11-27)18(28)13-23-26)12-16(17)20(30)24-19(29)14-6-3-1-2-4-7-14/h8-9,12-14,19,27,29H,1-7,10-11H2,(H,24,30). The van der Waals surface area contributed by atoms with Crippen LogP contribution in [-0.2, 0) is 6.54 Å². The quantitative estimate of drug-likeness (QED) is 0.433. The molecule has 9 nitrogen and oxygen atoms in total. The van der Waals surface area contributed by atoms with Crippen LogP contribution in [0.3, 0.4) is 0 Å². The summed E-state index contributed by atoms with van der Waals surface area (Å²) in [5.74, 6) is -0.557. The molecule has 3 N–H and O–H groups in total. The van der Waals surface area contributed by atoms with E-state index >= 15 is 0 Å². The van der Waals surface area contributed by atoms with Crippen LogP contribution in [0.5, 0.6) is 0 Å². The average molecular weight is 451 g/mol. The first-order valence-corrected chi connectivity index (χ1v) is 10.9. The first-order valence-electron chi connectivity index (χ1n) is 10.5. The minimum Gasteiger partial charge on any atom is -0.396 e. The van der Waals surface area contributed by atoms with E-state index in [1.54, 1.807) is 0 Å². The lowest BCUT2D eigenvalue weighted by Gasteiger charge is -2.22. The topological polar surface area (TPSA) is 126 Å². The Morgan fingerprint density at radius 3 is 2.61 bits per heavy atom. The number of carbonyl (C=O) groups excluding carboxylic acids is 1. The van der Waals surface area contributed by atoms with Crippen molar-refractivity contribution in [2.75, 3.05) is 6.61 Å². The SMILES string of the molecule is O=C(NC(O)C1CCCCCC1)c1cc(-n2ncc(=O)n(CCCO)c2=O)ccc1Cl. The van der Waals surface area contributed by atoms with Crippen LogP contribution in [0, 0.1) is 5.92 Å². The van der Waals surface area contributed by atoms with Gasteiger partial charge in [0.05, 0.1) is 16.3 Å². The van der Waals surface area contributed by atoms with Gasteiger partial charge >= 0.3 is 5.69 Å². The third-order valence-corrected chi connectivity index (χ3v) is 5.90. The maximum atomic E-state index is 12.8. The largest absolute Gasteiger partial charge is 0.396 e. The number of rotatable bonds is 7. The van der Waals surface area contributed by atoms with Gasteiger partial charge < -0.3 is 15.5 Å². The smallest absolute Gasteiger partial charge is 0.352 e. The lowest BCUT2D eigenvalue weighted by atomic mass is 9.98. The minimum atomic E-state index is -0.980. The Bertz CT molecular complexity index is 1030. The second-order valence-corrected chi connectivity index (χ2v) is 8.15. The van der Waals surface area contributed by atoms with Crippen molar-refractivity contribution in [2.24, 2.45) is 5.92 Å². The highest BCUT2D eigenvalue weighted by Gasteiger charge is 2.24. The molecule has 1 aromatic carbocycles. The Morgan fingerprint density at radius 2 is 1.94 bits per heavy atom. The van der Waals surface area contributed by atoms with Gasteiger partial charge in [-0.05, 0) is 37.5 Å². The summed E-state index contributed by atoms with van der Waals surface area (Å²) in [5, 5.41) is 26.1. The van der Waals surface area contributed by atoms with Crippen LogP contribution in [0.15, 0.2) is 34.0 Å². The number of aliphatic hydroxyl groups is 2. The highest BCUT2D eigenvalue weighted by molar-refractivity contribution is 6.33. The molecule has 168 valence electrons. The van der Waals surface area contributed by atoms with Gasteiger partial charge in [0.25, 0.3) is 11.5 Å². The molecule has 1 unspecified atom stereocenters. The fraction of sp³-hybridized carbons (Fsp3) is 0.524. The number of nitrogens with one attached hydrogen (secondary N) is 1. The number of benzene rings is 1. The van der Waals surface area contributed by atoms with E-state index in [-0.39, 0.29) is 41.8 Å². The van der Waals surface area contributed by atoms with Crippen LogP contribution in [0.2, 0.25) is 5.02 Å². The Morgan fingerprint density at radius 1 is 1.23 bits per heavy atom. The summed E-state index contributed by atoms with van der Waals surface area (Å²) in [5.41, 5.74) is -0.920. The van der Waals surface area contributed by atoms with Gasteiger partial charge in [0.15, 0.2) is 0 Å². The highest BCUT2D eigenvalue weighted by atomic mass is 35.5. The second kappa shape index (κ2) is 10.7. The van der Waals surface area contributed by atoms with Gasteiger partial charge in [0.2, 0.25) is 0 Å². The van der Waals surface area contributed by atoms with Crippen molar-refractivity contribution >= 4 is 17.5 Å². The van der Waals surface area contributed by atoms with Crippen LogP contribution in [0.4, 0.5) is 0 Å². The van der Waals surface area contributed by atoms with Gasteiger partial charge in [0, 0.05) is 19.1 Å². The Balaban J connectivity index is 1.86. The number of nitrogens with zero attached hydrogens (tertiary/aromatic N) is 3. The van der Waals surface area contributed by atoms with E-state index in [4.69, 9.17) is 16.7 Å². The molecule has 1 aliphatic rings. The zero-order valence-electron chi connectivity index (χ0n) is 17.2. The molecule has 0 aliphatic heterocycles. The third-order valence-electron chi connectivity index (χ3n) is 5.57. The molecular weight excluding hydrogens is 424 g/mol. The molecule has 0 saturated heterocycles. The van der Waals surface area contributed by atoms with E-state index in [0.29, 0.717) is 0 Å². The van der Waals surface area contributed by atoms with Crippen molar-refractivity contribution in [3.8, 4) is 5.69 Å². The number of aliphatic hydroxyl groups excluding tert-OH is 2. The lowest BCUT2D eigenvalue weighted by Crippen LogP contribution is -2.41. The summed E-state index contributed by atoms with van der Waals surface area (Å²) in [7, 11) is 0. The van der Waals surface area contributed by atoms with Crippen LogP contribution in [-0.4, -0.2) is 43.3 Å². The zero-order chi connectivity index (χ0) is 22.4. The van der Waals surface area contributed by atoms with Crippen molar-refractivity contribution in [2.45, 2.75) is 57.7 Å². The average Bonchev–Trinajstić information content (AvgIpc) is 3.04. The fourth-order valence-electron chi connectivity index (χ4n) is 3.82. The van der Waals surface area contributed by atoms with E-state index in [2.05, 4.69) is 10.4 Å². The van der Waals surface area contributed by atoms with E-state index in [9.17, 15) is 19.5 Å². The molecule has 0 radical (unpaired) electrons. The van der Waals surface area contributed by atoms with E-state index in [0.717, 1.165) is 54.0 Å². The number of halogens is 1. The van der Waals surface area contributed by atoms with Gasteiger partial charge in [-0.1, -0.05) is 37.3 Å². The van der Waals surface area contributed by atoms with E-state index in [1.807, 2.05) is 0 Å². The lowest BCUT2D eigenvalue weighted by molar-refractivity contribution is 0.0532. The first-order chi connectivity index (χ1) is 14.9. The molecule has 1 atom stereocenters. The van der Waals surface area contributed by atoms with Crippen LogP contribution < -0.4 is 16.6 Å². The summed E-state index contributed by atoms with van der Waals surface area (Å²) in [4.78, 5) is 37.4. The number of carbonyl (C=O) groups is 1. The first kappa shape index (κ1) is 23.2. The molecule has 1 amide bonds. The number of hydrogen-bond donors (Lipinski definition) is 3. The Hall–Kier alpha value is -2.49. The predicted molar refractivity (Wildman–Crippen MR) is 115 cm³/mol. The summed E-state index contributed by atoms with van der Waals surface area (Å²) in [6, 6.07) is 4.37. The van der Waals surface area contributed by atoms with Gasteiger partial charge in [0.1, 0.15) is 12.4 Å². The summed E-state index contributed by atoms with van der Waals surface area (Å²) in [6.07, 6.45) is 6.28. The molecule has 1 aromatic heterocycles. The van der Waals surface area contributed by atoms with Gasteiger partial charge in [-0.2, -0.15) is 9.78 Å². The van der Waals surface area contributed by atoms with Crippen molar-refractivity contribution < 1.29 is 15.0 Å². The Labute approximate surface area is 184 Å². The fourth-order valence-corrected chi connectivity index (χ4v) is 4.03. The van der Waals surface area contributed by atoms with Crippen molar-refractivity contribution in [3.63, 3.8) is 0 Å². The molecule has 2 aromatic rings. The van der Waals surface area contributed by atoms with Gasteiger partial charge in [-0.15, -0.1) is 0 Å². The molecule has 1 saturated carbocycles. The minimum absolute atomic E-state index is 0.00669. The second-order valence-electron chi connectivity index (χ2n) is 7.74. The molecule has 1 fully saturated rings. The molecule has 1 heterocycles. The number of amides is 1. The number of hydrogen-bond acceptors (Lipinski definition) is 6. The predicted octanol–water partition coefficient (Wildman–Crippen LogP) is 1.45. The van der Waals surface area contributed by atoms with Gasteiger partial charge in [-0.25, -0.2) is 4.79 Å².